The molecule has 6 nitrogen and oxygen atoms in total. The fourth-order valence-corrected chi connectivity index (χ4v) is 3.08. The highest BCUT2D eigenvalue weighted by Crippen LogP contribution is 2.43. The Bertz CT molecular complexity index is 717. The molecule has 1 fully saturated rings. The normalized spacial score (nSPS) is 19.0. The number of benzene rings is 1. The molecular formula is C16H17F2N3O3. The van der Waals surface area contributed by atoms with E-state index in [9.17, 15) is 18.4 Å². The van der Waals surface area contributed by atoms with Gasteiger partial charge in [0.1, 0.15) is 17.3 Å². The van der Waals surface area contributed by atoms with E-state index in [-0.39, 0.29) is 22.7 Å². The fraction of sp³-hybridized carbons (Fsp3) is 0.438. The third kappa shape index (κ3) is 3.28. The van der Waals surface area contributed by atoms with Gasteiger partial charge in [0, 0.05) is 12.6 Å². The molecule has 2 N–H and O–H groups in total. The number of rotatable bonds is 5. The summed E-state index contributed by atoms with van der Waals surface area (Å²) < 4.78 is 26.9. The van der Waals surface area contributed by atoms with Gasteiger partial charge in [0.05, 0.1) is 6.42 Å². The number of amides is 2. The molecule has 0 bridgehead atoms. The van der Waals surface area contributed by atoms with Crippen molar-refractivity contribution in [3.8, 4) is 0 Å². The van der Waals surface area contributed by atoms with Gasteiger partial charge in [-0.05, 0) is 36.3 Å². The fourth-order valence-electron chi connectivity index (χ4n) is 3.08. The highest BCUT2D eigenvalue weighted by Gasteiger charge is 2.38. The molecule has 24 heavy (non-hydrogen) atoms. The van der Waals surface area contributed by atoms with E-state index in [4.69, 9.17) is 5.21 Å². The summed E-state index contributed by atoms with van der Waals surface area (Å²) in [7, 11) is 0. The standard InChI is InChI=1S/C16H17F2N3O3/c17-11-3-2-10(12(18)6-11)8-16(4-1-5-16)9-19-15(23)13-7-14(22)21(24)20-13/h2-3,6,24H,1,4-5,7-9H2,(H,19,23). The van der Waals surface area contributed by atoms with E-state index in [1.165, 1.54) is 12.1 Å². The predicted octanol–water partition coefficient (Wildman–Crippen LogP) is 1.77. The van der Waals surface area contributed by atoms with Gasteiger partial charge in [-0.2, -0.15) is 0 Å². The first kappa shape index (κ1) is 16.5. The van der Waals surface area contributed by atoms with Gasteiger partial charge in [-0.25, -0.2) is 8.78 Å². The molecule has 1 aromatic carbocycles. The molecule has 0 aromatic heterocycles. The lowest BCUT2D eigenvalue weighted by molar-refractivity contribution is -0.160. The van der Waals surface area contributed by atoms with Gasteiger partial charge < -0.3 is 5.32 Å². The quantitative estimate of drug-likeness (QED) is 0.804. The summed E-state index contributed by atoms with van der Waals surface area (Å²) in [4.78, 5) is 23.2. The second-order valence-corrected chi connectivity index (χ2v) is 6.36. The molecule has 8 heteroatoms. The molecule has 0 unspecified atom stereocenters. The van der Waals surface area contributed by atoms with Crippen LogP contribution in [0.2, 0.25) is 0 Å². The Kier molecular flexibility index (Phi) is 4.31. The lowest BCUT2D eigenvalue weighted by Gasteiger charge is -2.42. The van der Waals surface area contributed by atoms with Crippen LogP contribution in [0.15, 0.2) is 23.3 Å². The summed E-state index contributed by atoms with van der Waals surface area (Å²) in [5.41, 5.74) is 0.0846. The number of hydroxylamine groups is 1. The maximum atomic E-state index is 13.9. The van der Waals surface area contributed by atoms with Gasteiger partial charge >= 0.3 is 0 Å². The number of nitrogens with one attached hydrogen (secondary N) is 1. The number of nitrogens with zero attached hydrogens (tertiary/aromatic N) is 2. The minimum absolute atomic E-state index is 0.0510. The number of halogens is 2. The highest BCUT2D eigenvalue weighted by molar-refractivity contribution is 6.43. The zero-order valence-corrected chi connectivity index (χ0v) is 12.9. The lowest BCUT2D eigenvalue weighted by atomic mass is 9.65. The first-order chi connectivity index (χ1) is 11.4. The second-order valence-electron chi connectivity index (χ2n) is 6.36. The summed E-state index contributed by atoms with van der Waals surface area (Å²) in [5.74, 6) is -2.39. The van der Waals surface area contributed by atoms with Crippen molar-refractivity contribution in [3.63, 3.8) is 0 Å². The van der Waals surface area contributed by atoms with Crippen molar-refractivity contribution < 1.29 is 23.6 Å². The molecule has 1 saturated carbocycles. The number of hydrogen-bond donors (Lipinski definition) is 2. The maximum absolute atomic E-state index is 13.9. The molecule has 0 atom stereocenters. The molecule has 2 amide bonds. The molecule has 1 aliphatic carbocycles. The van der Waals surface area contributed by atoms with Crippen molar-refractivity contribution in [2.45, 2.75) is 32.1 Å². The van der Waals surface area contributed by atoms with Crippen molar-refractivity contribution in [1.29, 1.82) is 0 Å². The molecule has 0 spiro atoms. The van der Waals surface area contributed by atoms with Crippen LogP contribution in [0.1, 0.15) is 31.2 Å². The highest BCUT2D eigenvalue weighted by atomic mass is 19.1. The van der Waals surface area contributed by atoms with E-state index in [0.717, 1.165) is 25.3 Å². The van der Waals surface area contributed by atoms with Crippen LogP contribution in [0.5, 0.6) is 0 Å². The van der Waals surface area contributed by atoms with Crippen molar-refractivity contribution >= 4 is 17.5 Å². The zero-order chi connectivity index (χ0) is 17.3. The van der Waals surface area contributed by atoms with Crippen LogP contribution in [-0.2, 0) is 16.0 Å². The van der Waals surface area contributed by atoms with Crippen LogP contribution in [0.3, 0.4) is 0 Å². The Hall–Kier alpha value is -2.35. The topological polar surface area (TPSA) is 82.0 Å². The summed E-state index contributed by atoms with van der Waals surface area (Å²) in [6.45, 7) is 0.307. The maximum Gasteiger partial charge on any atom is 0.275 e. The SMILES string of the molecule is O=C(NCC1(Cc2ccc(F)cc2F)CCC1)C1=NN(O)C(=O)C1. The number of carbonyl (C=O) groups excluding carboxylic acids is 2. The van der Waals surface area contributed by atoms with Crippen molar-refractivity contribution in [2.75, 3.05) is 6.54 Å². The third-order valence-electron chi connectivity index (χ3n) is 4.64. The summed E-state index contributed by atoms with van der Waals surface area (Å²) >= 11 is 0. The van der Waals surface area contributed by atoms with E-state index >= 15 is 0 Å². The minimum Gasteiger partial charge on any atom is -0.350 e. The average Bonchev–Trinajstić information content (AvgIpc) is 2.83. The molecule has 0 radical (unpaired) electrons. The second kappa shape index (κ2) is 6.27. The minimum atomic E-state index is -0.660. The third-order valence-corrected chi connectivity index (χ3v) is 4.64. The molecule has 128 valence electrons. The molecule has 1 aromatic rings. The Balaban J connectivity index is 1.63. The number of hydrazone groups is 1. The van der Waals surface area contributed by atoms with Crippen LogP contribution in [0.25, 0.3) is 0 Å². The van der Waals surface area contributed by atoms with Crippen LogP contribution >= 0.6 is 0 Å². The Morgan fingerprint density at radius 2 is 2.12 bits per heavy atom. The lowest BCUT2D eigenvalue weighted by Crippen LogP contribution is -2.45. The molecule has 1 aliphatic heterocycles. The molecule has 3 rings (SSSR count). The van der Waals surface area contributed by atoms with Crippen molar-refractivity contribution in [3.05, 3.63) is 35.4 Å². The predicted molar refractivity (Wildman–Crippen MR) is 80.0 cm³/mol. The summed E-state index contributed by atoms with van der Waals surface area (Å²) in [5, 5.41) is 15.4. The molecule has 0 saturated heterocycles. The van der Waals surface area contributed by atoms with E-state index in [1.54, 1.807) is 0 Å². The van der Waals surface area contributed by atoms with Crippen LogP contribution in [-0.4, -0.2) is 34.5 Å². The van der Waals surface area contributed by atoms with Gasteiger partial charge in [0.25, 0.3) is 11.8 Å². The van der Waals surface area contributed by atoms with Crippen LogP contribution in [0.4, 0.5) is 8.78 Å². The van der Waals surface area contributed by atoms with Gasteiger partial charge in [-0.1, -0.05) is 12.5 Å². The van der Waals surface area contributed by atoms with Crippen LogP contribution < -0.4 is 5.32 Å². The van der Waals surface area contributed by atoms with Gasteiger partial charge in [-0.15, -0.1) is 10.3 Å². The average molecular weight is 337 g/mol. The largest absolute Gasteiger partial charge is 0.350 e. The molecular weight excluding hydrogens is 320 g/mol. The van der Waals surface area contributed by atoms with Gasteiger partial charge in [-0.3, -0.25) is 14.8 Å². The molecule has 1 heterocycles. The Labute approximate surface area is 137 Å². The van der Waals surface area contributed by atoms with E-state index in [0.29, 0.717) is 18.5 Å². The molecule has 2 aliphatic rings. The smallest absolute Gasteiger partial charge is 0.275 e. The monoisotopic (exact) mass is 337 g/mol. The van der Waals surface area contributed by atoms with Crippen molar-refractivity contribution in [2.24, 2.45) is 10.5 Å². The Morgan fingerprint density at radius 1 is 1.38 bits per heavy atom. The number of hydrogen-bond acceptors (Lipinski definition) is 4. The Morgan fingerprint density at radius 3 is 2.67 bits per heavy atom. The number of carbonyl (C=O) groups is 2. The van der Waals surface area contributed by atoms with Gasteiger partial charge in [0.2, 0.25) is 0 Å². The zero-order valence-electron chi connectivity index (χ0n) is 12.9. The van der Waals surface area contributed by atoms with E-state index < -0.39 is 23.4 Å². The van der Waals surface area contributed by atoms with E-state index in [1.807, 2.05) is 0 Å². The van der Waals surface area contributed by atoms with Gasteiger partial charge in [0.15, 0.2) is 0 Å². The van der Waals surface area contributed by atoms with Crippen LogP contribution in [0, 0.1) is 17.0 Å². The first-order valence-corrected chi connectivity index (χ1v) is 7.70. The first-order valence-electron chi connectivity index (χ1n) is 7.70. The van der Waals surface area contributed by atoms with Crippen molar-refractivity contribution in [1.82, 2.24) is 10.5 Å². The summed E-state index contributed by atoms with van der Waals surface area (Å²) in [6, 6.07) is 3.50. The summed E-state index contributed by atoms with van der Waals surface area (Å²) in [6.07, 6.45) is 2.77. The van der Waals surface area contributed by atoms with E-state index in [2.05, 4.69) is 10.4 Å².